The molecule has 9 heteroatoms. The van der Waals surface area contributed by atoms with Crippen LogP contribution < -0.4 is 5.32 Å². The number of thiol groups is 1. The van der Waals surface area contributed by atoms with Gasteiger partial charge in [0.1, 0.15) is 4.24 Å². The van der Waals surface area contributed by atoms with Gasteiger partial charge in [-0.15, -0.1) is 0 Å². The van der Waals surface area contributed by atoms with Gasteiger partial charge in [0.15, 0.2) is 5.13 Å². The third-order valence-corrected chi connectivity index (χ3v) is 9.15. The van der Waals surface area contributed by atoms with Crippen LogP contribution in [0.2, 0.25) is 0 Å². The van der Waals surface area contributed by atoms with E-state index in [9.17, 15) is 17.8 Å². The minimum absolute atomic E-state index is 0.00795. The predicted octanol–water partition coefficient (Wildman–Crippen LogP) is 3.90. The third-order valence-electron chi connectivity index (χ3n) is 4.02. The molecule has 1 aliphatic rings. The summed E-state index contributed by atoms with van der Waals surface area (Å²) in [5.41, 5.74) is 1.52. The summed E-state index contributed by atoms with van der Waals surface area (Å²) in [4.78, 5) is 17.4. The molecule has 1 aromatic carbocycles. The van der Waals surface area contributed by atoms with Crippen molar-refractivity contribution in [2.75, 3.05) is 5.32 Å². The highest BCUT2D eigenvalue weighted by molar-refractivity contribution is 8.31. The van der Waals surface area contributed by atoms with E-state index in [0.717, 1.165) is 5.56 Å². The zero-order chi connectivity index (χ0) is 19.6. The number of ketones is 1. The fourth-order valence-electron chi connectivity index (χ4n) is 2.68. The van der Waals surface area contributed by atoms with Crippen molar-refractivity contribution in [3.05, 3.63) is 75.2 Å². The maximum Gasteiger partial charge on any atom is 0.299 e. The van der Waals surface area contributed by atoms with Gasteiger partial charge in [-0.25, -0.2) is 4.98 Å². The van der Waals surface area contributed by atoms with E-state index in [1.807, 2.05) is 25.1 Å². The Morgan fingerprint density at radius 3 is 2.81 bits per heavy atom. The molecule has 0 saturated carbocycles. The van der Waals surface area contributed by atoms with Crippen LogP contribution in [0.1, 0.15) is 27.2 Å². The highest BCUT2D eigenvalue weighted by Gasteiger charge is 2.28. The second kappa shape index (κ2) is 7.97. The van der Waals surface area contributed by atoms with Crippen LogP contribution in [0.5, 0.6) is 0 Å². The SMILES string of the molecule is [CH2]CC(Nc1ncc(C(=O)c2ccccc2C)s1)[SH]1C=CC=C1S(=O)(=O)O. The van der Waals surface area contributed by atoms with E-state index < -0.39 is 21.0 Å². The lowest BCUT2D eigenvalue weighted by atomic mass is 10.0. The Morgan fingerprint density at radius 1 is 1.41 bits per heavy atom. The summed E-state index contributed by atoms with van der Waals surface area (Å²) in [6, 6.07) is 7.35. The molecule has 0 spiro atoms. The number of aryl methyl sites for hydroxylation is 1. The Labute approximate surface area is 165 Å². The maximum absolute atomic E-state index is 12.7. The normalized spacial score (nSPS) is 18.9. The van der Waals surface area contributed by atoms with Crippen LogP contribution in [-0.2, 0) is 10.1 Å². The summed E-state index contributed by atoms with van der Waals surface area (Å²) in [7, 11) is -5.55. The number of anilines is 1. The highest BCUT2D eigenvalue weighted by Crippen LogP contribution is 2.48. The van der Waals surface area contributed by atoms with Gasteiger partial charge in [-0.3, -0.25) is 9.35 Å². The van der Waals surface area contributed by atoms with Gasteiger partial charge in [-0.2, -0.15) is 19.3 Å². The third kappa shape index (κ3) is 4.32. The van der Waals surface area contributed by atoms with E-state index in [0.29, 0.717) is 22.0 Å². The first-order valence-electron chi connectivity index (χ1n) is 8.07. The summed E-state index contributed by atoms with van der Waals surface area (Å²) in [5.74, 6) is -0.102. The summed E-state index contributed by atoms with van der Waals surface area (Å²) >= 11 is 1.21. The van der Waals surface area contributed by atoms with Crippen molar-refractivity contribution < 1.29 is 17.8 Å². The number of aromatic nitrogens is 1. The summed E-state index contributed by atoms with van der Waals surface area (Å²) in [5, 5.41) is 5.12. The van der Waals surface area contributed by atoms with Gasteiger partial charge in [-0.1, -0.05) is 48.6 Å². The van der Waals surface area contributed by atoms with Crippen LogP contribution in [0, 0.1) is 13.8 Å². The number of carbonyl (C=O) groups excluding carboxylic acids is 1. The molecule has 143 valence electrons. The molecular weight excluding hydrogens is 404 g/mol. The van der Waals surface area contributed by atoms with Crippen LogP contribution in [0.3, 0.4) is 0 Å². The maximum atomic E-state index is 12.7. The van der Waals surface area contributed by atoms with Crippen molar-refractivity contribution in [1.29, 1.82) is 0 Å². The molecule has 1 aromatic heterocycles. The van der Waals surface area contributed by atoms with Gasteiger partial charge < -0.3 is 5.32 Å². The van der Waals surface area contributed by atoms with Gasteiger partial charge in [0.2, 0.25) is 5.78 Å². The Balaban J connectivity index is 1.79. The summed E-state index contributed by atoms with van der Waals surface area (Å²) < 4.78 is 32.5. The second-order valence-electron chi connectivity index (χ2n) is 5.85. The van der Waals surface area contributed by atoms with E-state index in [1.54, 1.807) is 17.6 Å². The van der Waals surface area contributed by atoms with Gasteiger partial charge >= 0.3 is 0 Å². The van der Waals surface area contributed by atoms with Crippen molar-refractivity contribution in [3.8, 4) is 0 Å². The number of carbonyl (C=O) groups is 1. The molecule has 0 aliphatic carbocycles. The topological polar surface area (TPSA) is 96.4 Å². The molecule has 1 radical (unpaired) electrons. The zero-order valence-corrected chi connectivity index (χ0v) is 17.0. The summed E-state index contributed by atoms with van der Waals surface area (Å²) in [6.45, 7) is 5.75. The number of nitrogens with one attached hydrogen (secondary N) is 1. The van der Waals surface area contributed by atoms with Gasteiger partial charge in [-0.05, 0) is 30.4 Å². The quantitative estimate of drug-likeness (QED) is 0.355. The van der Waals surface area contributed by atoms with Crippen molar-refractivity contribution in [1.82, 2.24) is 4.98 Å². The van der Waals surface area contributed by atoms with Crippen LogP contribution in [-0.4, -0.2) is 29.1 Å². The largest absolute Gasteiger partial charge is 0.351 e. The van der Waals surface area contributed by atoms with E-state index in [-0.39, 0.29) is 15.4 Å². The Kier molecular flexibility index (Phi) is 5.85. The average molecular weight is 424 g/mol. The molecule has 1 aliphatic heterocycles. The first kappa shape index (κ1) is 19.8. The Hall–Kier alpha value is -1.94. The fraction of sp³-hybridized carbons (Fsp3) is 0.167. The van der Waals surface area contributed by atoms with Crippen molar-refractivity contribution in [2.45, 2.75) is 18.7 Å². The highest BCUT2D eigenvalue weighted by atomic mass is 32.3. The lowest BCUT2D eigenvalue weighted by Crippen LogP contribution is -2.20. The molecule has 27 heavy (non-hydrogen) atoms. The van der Waals surface area contributed by atoms with Crippen LogP contribution in [0.15, 0.2) is 52.3 Å². The van der Waals surface area contributed by atoms with Crippen molar-refractivity contribution >= 4 is 43.3 Å². The smallest absolute Gasteiger partial charge is 0.299 e. The number of hydrogen-bond donors (Lipinski definition) is 3. The summed E-state index contributed by atoms with van der Waals surface area (Å²) in [6.07, 6.45) is 4.93. The molecule has 2 aromatic rings. The molecule has 0 fully saturated rings. The Bertz CT molecular complexity index is 1020. The molecule has 2 heterocycles. The van der Waals surface area contributed by atoms with Crippen molar-refractivity contribution in [3.63, 3.8) is 0 Å². The molecule has 6 nitrogen and oxygen atoms in total. The number of benzene rings is 1. The molecule has 0 amide bonds. The zero-order valence-electron chi connectivity index (χ0n) is 14.5. The second-order valence-corrected chi connectivity index (χ2v) is 10.8. The van der Waals surface area contributed by atoms with Gasteiger partial charge in [0.05, 0.1) is 16.4 Å². The molecule has 3 rings (SSSR count). The lowest BCUT2D eigenvalue weighted by Gasteiger charge is -2.26. The van der Waals surface area contributed by atoms with Crippen LogP contribution in [0.4, 0.5) is 5.13 Å². The molecule has 0 bridgehead atoms. The van der Waals surface area contributed by atoms with Gasteiger partial charge in [0.25, 0.3) is 10.1 Å². The first-order chi connectivity index (χ1) is 12.8. The minimum atomic E-state index is -4.26. The first-order valence-corrected chi connectivity index (χ1v) is 11.8. The fourth-order valence-corrected chi connectivity index (χ4v) is 7.21. The minimum Gasteiger partial charge on any atom is -0.351 e. The van der Waals surface area contributed by atoms with E-state index >= 15 is 0 Å². The van der Waals surface area contributed by atoms with Crippen LogP contribution >= 0.6 is 22.2 Å². The van der Waals surface area contributed by atoms with E-state index in [1.165, 1.54) is 23.6 Å². The van der Waals surface area contributed by atoms with Crippen molar-refractivity contribution in [2.24, 2.45) is 0 Å². The predicted molar refractivity (Wildman–Crippen MR) is 112 cm³/mol. The number of allylic oxidation sites excluding steroid dienone is 2. The monoisotopic (exact) mass is 423 g/mol. The van der Waals surface area contributed by atoms with E-state index in [4.69, 9.17) is 0 Å². The number of rotatable bonds is 7. The number of hydrogen-bond acceptors (Lipinski definition) is 6. The molecule has 2 unspecified atom stereocenters. The molecule has 2 atom stereocenters. The number of thiazole rings is 1. The molecule has 0 saturated heterocycles. The Morgan fingerprint density at radius 2 is 2.15 bits per heavy atom. The number of nitrogens with zero attached hydrogens (tertiary/aromatic N) is 1. The van der Waals surface area contributed by atoms with Gasteiger partial charge in [0, 0.05) is 5.56 Å². The van der Waals surface area contributed by atoms with E-state index in [2.05, 4.69) is 17.2 Å². The lowest BCUT2D eigenvalue weighted by molar-refractivity contribution is 0.104. The molecular formula is C18H19N2O4S3. The average Bonchev–Trinajstić information content (AvgIpc) is 3.28. The molecule has 2 N–H and O–H groups in total. The standard InChI is InChI=1S/C18H19N2O4S3/c1-3-15(26-10-6-9-16(26)27(22,23)24)20-18-19-11-14(25-18)17(21)13-8-5-4-7-12(13)2/h4-11,15,26H,1,3H2,2H3,(H,19,20)(H,22,23,24). The van der Waals surface area contributed by atoms with Crippen LogP contribution in [0.25, 0.3) is 0 Å².